The van der Waals surface area contributed by atoms with Gasteiger partial charge in [0.25, 0.3) is 0 Å². The minimum absolute atomic E-state index is 0.321. The number of anilines is 3. The molecule has 2 heterocycles. The number of rotatable bonds is 6. The third-order valence-electron chi connectivity index (χ3n) is 2.95. The molecule has 0 radical (unpaired) electrons. The van der Waals surface area contributed by atoms with Crippen LogP contribution in [0.4, 0.5) is 17.5 Å². The number of ether oxygens (including phenoxy) is 2. The minimum Gasteiger partial charge on any atom is -0.491 e. The van der Waals surface area contributed by atoms with E-state index in [0.29, 0.717) is 36.1 Å². The zero-order valence-electron chi connectivity index (χ0n) is 12.0. The van der Waals surface area contributed by atoms with Gasteiger partial charge in [-0.15, -0.1) is 0 Å². The van der Waals surface area contributed by atoms with Crippen LogP contribution >= 0.6 is 0 Å². The molecule has 114 valence electrons. The molecule has 8 nitrogen and oxygen atoms in total. The van der Waals surface area contributed by atoms with Crippen molar-refractivity contribution in [3.05, 3.63) is 30.6 Å². The van der Waals surface area contributed by atoms with Gasteiger partial charge in [0.1, 0.15) is 17.9 Å². The number of nitrogens with zero attached hydrogens (tertiary/aromatic N) is 3. The van der Waals surface area contributed by atoms with Gasteiger partial charge in [0.2, 0.25) is 5.95 Å². The second-order valence-electron chi connectivity index (χ2n) is 4.53. The lowest BCUT2D eigenvalue weighted by Crippen LogP contribution is -2.05. The number of hydrogen-bond acceptors (Lipinski definition) is 7. The Kier molecular flexibility index (Phi) is 4.01. The third kappa shape index (κ3) is 3.07. The van der Waals surface area contributed by atoms with E-state index in [1.165, 1.54) is 6.33 Å². The molecule has 0 aliphatic rings. The fourth-order valence-electron chi connectivity index (χ4n) is 1.95. The molecule has 4 N–H and O–H groups in total. The van der Waals surface area contributed by atoms with Gasteiger partial charge >= 0.3 is 0 Å². The first-order valence-corrected chi connectivity index (χ1v) is 6.71. The van der Waals surface area contributed by atoms with Crippen molar-refractivity contribution in [1.82, 2.24) is 19.9 Å². The Morgan fingerprint density at radius 1 is 1.27 bits per heavy atom. The van der Waals surface area contributed by atoms with E-state index in [9.17, 15) is 0 Å². The highest BCUT2D eigenvalue weighted by atomic mass is 16.5. The number of nitrogen functional groups attached to an aromatic ring is 1. The Hall–Kier alpha value is -2.87. The van der Waals surface area contributed by atoms with Crippen LogP contribution in [0.5, 0.6) is 5.75 Å². The maximum Gasteiger partial charge on any atom is 0.231 e. The first kappa shape index (κ1) is 14.1. The molecule has 0 atom stereocenters. The number of aromatic nitrogens is 4. The summed E-state index contributed by atoms with van der Waals surface area (Å²) in [4.78, 5) is 15.5. The van der Waals surface area contributed by atoms with Crippen LogP contribution in [0.25, 0.3) is 11.2 Å². The van der Waals surface area contributed by atoms with E-state index in [-0.39, 0.29) is 0 Å². The van der Waals surface area contributed by atoms with E-state index >= 15 is 0 Å². The molecule has 0 unspecified atom stereocenters. The second kappa shape index (κ2) is 6.27. The van der Waals surface area contributed by atoms with E-state index in [4.69, 9.17) is 15.2 Å². The fourth-order valence-corrected chi connectivity index (χ4v) is 1.95. The quantitative estimate of drug-likeness (QED) is 0.594. The zero-order chi connectivity index (χ0) is 15.4. The topological polar surface area (TPSA) is 111 Å². The van der Waals surface area contributed by atoms with Crippen LogP contribution in [-0.2, 0) is 4.74 Å². The molecule has 1 aromatic carbocycles. The summed E-state index contributed by atoms with van der Waals surface area (Å²) in [7, 11) is 1.63. The lowest BCUT2D eigenvalue weighted by molar-refractivity contribution is 0.146. The molecule has 0 saturated heterocycles. The van der Waals surface area contributed by atoms with Crippen LogP contribution in [0.1, 0.15) is 0 Å². The van der Waals surface area contributed by atoms with Gasteiger partial charge in [-0.1, -0.05) is 6.07 Å². The van der Waals surface area contributed by atoms with Crippen LogP contribution < -0.4 is 15.8 Å². The van der Waals surface area contributed by atoms with E-state index < -0.39 is 0 Å². The van der Waals surface area contributed by atoms with Gasteiger partial charge in [0, 0.05) is 18.9 Å². The maximum absolute atomic E-state index is 5.85. The summed E-state index contributed by atoms with van der Waals surface area (Å²) in [6.07, 6.45) is 1.53. The Bertz CT molecular complexity index is 773. The summed E-state index contributed by atoms with van der Waals surface area (Å²) in [5.41, 5.74) is 7.80. The molecule has 0 fully saturated rings. The van der Waals surface area contributed by atoms with E-state index in [2.05, 4.69) is 25.3 Å². The lowest BCUT2D eigenvalue weighted by Gasteiger charge is -2.09. The number of benzene rings is 1. The summed E-state index contributed by atoms with van der Waals surface area (Å²) in [5, 5.41) is 3.10. The van der Waals surface area contributed by atoms with Gasteiger partial charge in [0.05, 0.1) is 12.9 Å². The molecule has 0 spiro atoms. The predicted molar refractivity (Wildman–Crippen MR) is 83.2 cm³/mol. The van der Waals surface area contributed by atoms with E-state index in [0.717, 1.165) is 11.4 Å². The van der Waals surface area contributed by atoms with Crippen LogP contribution in [0, 0.1) is 0 Å². The molecule has 3 aromatic rings. The Labute approximate surface area is 126 Å². The molecule has 2 aromatic heterocycles. The first-order chi connectivity index (χ1) is 10.8. The molecule has 0 amide bonds. The molecule has 3 rings (SSSR count). The van der Waals surface area contributed by atoms with Crippen molar-refractivity contribution in [2.24, 2.45) is 0 Å². The molecular formula is C14H16N6O2. The van der Waals surface area contributed by atoms with Crippen molar-refractivity contribution < 1.29 is 9.47 Å². The summed E-state index contributed by atoms with van der Waals surface area (Å²) in [5.74, 6) is 1.45. The van der Waals surface area contributed by atoms with Gasteiger partial charge < -0.3 is 25.5 Å². The van der Waals surface area contributed by atoms with Gasteiger partial charge in [0.15, 0.2) is 11.5 Å². The lowest BCUT2D eigenvalue weighted by atomic mass is 10.3. The monoisotopic (exact) mass is 300 g/mol. The normalized spacial score (nSPS) is 10.8. The van der Waals surface area contributed by atoms with Crippen molar-refractivity contribution in [3.63, 3.8) is 0 Å². The first-order valence-electron chi connectivity index (χ1n) is 6.71. The smallest absolute Gasteiger partial charge is 0.231 e. The number of fused-ring (bicyclic) bond motifs is 1. The number of hydrogen-bond donors (Lipinski definition) is 3. The van der Waals surface area contributed by atoms with Crippen molar-refractivity contribution in [2.75, 3.05) is 31.4 Å². The highest BCUT2D eigenvalue weighted by molar-refractivity contribution is 5.82. The number of H-pyrrole nitrogens is 1. The average molecular weight is 300 g/mol. The Morgan fingerprint density at radius 2 is 2.18 bits per heavy atom. The van der Waals surface area contributed by atoms with Gasteiger partial charge in [-0.3, -0.25) is 0 Å². The van der Waals surface area contributed by atoms with E-state index in [1.807, 2.05) is 24.3 Å². The summed E-state index contributed by atoms with van der Waals surface area (Å²) < 4.78 is 10.5. The Balaban J connectivity index is 1.77. The molecule has 0 aliphatic carbocycles. The number of nitrogens with one attached hydrogen (secondary N) is 2. The summed E-state index contributed by atoms with van der Waals surface area (Å²) in [6, 6.07) is 7.49. The van der Waals surface area contributed by atoms with E-state index in [1.54, 1.807) is 7.11 Å². The number of imidazole rings is 1. The van der Waals surface area contributed by atoms with Crippen LogP contribution in [-0.4, -0.2) is 40.3 Å². The van der Waals surface area contributed by atoms with Gasteiger partial charge in [-0.2, -0.15) is 9.97 Å². The fraction of sp³-hybridized carbons (Fsp3) is 0.214. The largest absolute Gasteiger partial charge is 0.491 e. The highest BCUT2D eigenvalue weighted by Gasteiger charge is 2.07. The molecule has 22 heavy (non-hydrogen) atoms. The standard InChI is InChI=1S/C14H16N6O2/c1-21-5-6-22-10-4-2-3-9(7-10)18-14-19-12(15)11-13(20-14)17-8-16-11/h2-4,7-8H,5-6H2,1H3,(H4,15,16,17,18,19,20). The SMILES string of the molecule is COCCOc1cccc(Nc2nc(N)c3nc[nH]c3n2)c1. The molecule has 8 heteroatoms. The second-order valence-corrected chi connectivity index (χ2v) is 4.53. The summed E-state index contributed by atoms with van der Waals surface area (Å²) in [6.45, 7) is 1.03. The summed E-state index contributed by atoms with van der Waals surface area (Å²) >= 11 is 0. The zero-order valence-corrected chi connectivity index (χ0v) is 12.0. The van der Waals surface area contributed by atoms with Crippen LogP contribution in [0.15, 0.2) is 30.6 Å². The predicted octanol–water partition coefficient (Wildman–Crippen LogP) is 1.70. The Morgan fingerprint density at radius 3 is 3.05 bits per heavy atom. The highest BCUT2D eigenvalue weighted by Crippen LogP contribution is 2.22. The van der Waals surface area contributed by atoms with Gasteiger partial charge in [-0.25, -0.2) is 4.98 Å². The maximum atomic E-state index is 5.85. The van der Waals surface area contributed by atoms with Crippen LogP contribution in [0.3, 0.4) is 0 Å². The number of aromatic amines is 1. The molecule has 0 saturated carbocycles. The number of nitrogens with two attached hydrogens (primary N) is 1. The molecular weight excluding hydrogens is 284 g/mol. The molecule has 0 aliphatic heterocycles. The minimum atomic E-state index is 0.321. The van der Waals surface area contributed by atoms with Crippen molar-refractivity contribution >= 4 is 28.6 Å². The molecule has 0 bridgehead atoms. The third-order valence-corrected chi connectivity index (χ3v) is 2.95. The van der Waals surface area contributed by atoms with Gasteiger partial charge in [-0.05, 0) is 12.1 Å². The van der Waals surface area contributed by atoms with Crippen molar-refractivity contribution in [3.8, 4) is 5.75 Å². The van der Waals surface area contributed by atoms with Crippen molar-refractivity contribution in [1.29, 1.82) is 0 Å². The number of methoxy groups -OCH3 is 1. The average Bonchev–Trinajstić information content (AvgIpc) is 2.97. The van der Waals surface area contributed by atoms with Crippen LogP contribution in [0.2, 0.25) is 0 Å². The van der Waals surface area contributed by atoms with Crippen molar-refractivity contribution in [2.45, 2.75) is 0 Å².